The lowest BCUT2D eigenvalue weighted by atomic mass is 10.2. The van der Waals surface area contributed by atoms with Gasteiger partial charge in [0.15, 0.2) is 0 Å². The summed E-state index contributed by atoms with van der Waals surface area (Å²) in [5.41, 5.74) is 1.00. The molecule has 1 unspecified atom stereocenters. The first-order valence-electron chi connectivity index (χ1n) is 9.22. The maximum Gasteiger partial charge on any atom is 0.244 e. The summed E-state index contributed by atoms with van der Waals surface area (Å²) in [7, 11) is -3.78. The molecule has 1 aliphatic rings. The summed E-state index contributed by atoms with van der Waals surface area (Å²) in [6.07, 6.45) is 0. The molecule has 10 heteroatoms. The van der Waals surface area contributed by atoms with Crippen molar-refractivity contribution in [2.24, 2.45) is 0 Å². The van der Waals surface area contributed by atoms with Crippen LogP contribution < -0.4 is 5.32 Å². The fourth-order valence-electron chi connectivity index (χ4n) is 3.22. The van der Waals surface area contributed by atoms with Crippen molar-refractivity contribution in [3.8, 4) is 6.07 Å². The number of nitriles is 1. The molecule has 0 aromatic heterocycles. The van der Waals surface area contributed by atoms with Crippen LogP contribution in [0, 0.1) is 11.3 Å². The number of rotatable bonds is 5. The van der Waals surface area contributed by atoms with E-state index in [-0.39, 0.29) is 28.9 Å². The lowest BCUT2D eigenvalue weighted by molar-refractivity contribution is -0.121. The molecule has 0 radical (unpaired) electrons. The summed E-state index contributed by atoms with van der Waals surface area (Å²) in [6.45, 7) is 3.01. The average Bonchev–Trinajstić information content (AvgIpc) is 2.75. The predicted octanol–water partition coefficient (Wildman–Crippen LogP) is 3.20. The van der Waals surface area contributed by atoms with E-state index in [1.54, 1.807) is 31.2 Å². The number of amides is 1. The van der Waals surface area contributed by atoms with E-state index in [1.807, 2.05) is 11.0 Å². The molecule has 1 aliphatic heterocycles. The molecule has 1 N–H and O–H groups in total. The molecule has 1 heterocycles. The minimum absolute atomic E-state index is 0.0201. The summed E-state index contributed by atoms with van der Waals surface area (Å²) in [5.74, 6) is -0.223. The average molecular weight is 467 g/mol. The van der Waals surface area contributed by atoms with Gasteiger partial charge in [-0.05, 0) is 43.3 Å². The van der Waals surface area contributed by atoms with Gasteiger partial charge >= 0.3 is 0 Å². The SMILES string of the molecule is CC(C(=O)Nc1cccc(C#N)c1)N1CCN(S(=O)(=O)c2cc(Cl)ccc2Cl)CC1. The highest BCUT2D eigenvalue weighted by molar-refractivity contribution is 7.89. The molecule has 0 bridgehead atoms. The number of carbonyl (C=O) groups excluding carboxylic acids is 1. The van der Waals surface area contributed by atoms with E-state index in [2.05, 4.69) is 5.32 Å². The van der Waals surface area contributed by atoms with Gasteiger partial charge in [0.2, 0.25) is 15.9 Å². The number of nitrogens with one attached hydrogen (secondary N) is 1. The Bertz CT molecular complexity index is 1090. The molecule has 1 amide bonds. The fraction of sp³-hybridized carbons (Fsp3) is 0.300. The Morgan fingerprint density at radius 2 is 1.83 bits per heavy atom. The molecule has 158 valence electrons. The van der Waals surface area contributed by atoms with Gasteiger partial charge in [-0.3, -0.25) is 9.69 Å². The van der Waals surface area contributed by atoms with E-state index in [0.29, 0.717) is 29.4 Å². The van der Waals surface area contributed by atoms with Crippen molar-refractivity contribution in [2.45, 2.75) is 17.9 Å². The van der Waals surface area contributed by atoms with Gasteiger partial charge in [-0.1, -0.05) is 29.3 Å². The third-order valence-corrected chi connectivity index (χ3v) is 7.59. The zero-order chi connectivity index (χ0) is 21.9. The number of benzene rings is 2. The van der Waals surface area contributed by atoms with Crippen LogP contribution in [0.5, 0.6) is 0 Å². The Balaban J connectivity index is 1.63. The van der Waals surface area contributed by atoms with Gasteiger partial charge in [0, 0.05) is 36.9 Å². The van der Waals surface area contributed by atoms with E-state index < -0.39 is 16.1 Å². The Labute approximate surface area is 185 Å². The molecule has 1 fully saturated rings. The molecule has 1 atom stereocenters. The highest BCUT2D eigenvalue weighted by atomic mass is 35.5. The molecule has 1 saturated heterocycles. The molecule has 30 heavy (non-hydrogen) atoms. The predicted molar refractivity (Wildman–Crippen MR) is 116 cm³/mol. The lowest BCUT2D eigenvalue weighted by Crippen LogP contribution is -2.53. The molecular formula is C20H20Cl2N4O3S. The van der Waals surface area contributed by atoms with Gasteiger partial charge in [0.1, 0.15) is 4.90 Å². The molecule has 2 aromatic rings. The zero-order valence-corrected chi connectivity index (χ0v) is 18.5. The molecule has 0 saturated carbocycles. The first kappa shape index (κ1) is 22.5. The molecule has 2 aromatic carbocycles. The number of piperazine rings is 1. The minimum atomic E-state index is -3.78. The van der Waals surface area contributed by atoms with Crippen LogP contribution in [0.15, 0.2) is 47.4 Å². The van der Waals surface area contributed by atoms with E-state index >= 15 is 0 Å². The van der Waals surface area contributed by atoms with Crippen LogP contribution in [0.3, 0.4) is 0 Å². The van der Waals surface area contributed by atoms with E-state index in [0.717, 1.165) is 0 Å². The number of nitrogens with zero attached hydrogens (tertiary/aromatic N) is 3. The minimum Gasteiger partial charge on any atom is -0.325 e. The maximum absolute atomic E-state index is 12.9. The van der Waals surface area contributed by atoms with E-state index in [9.17, 15) is 13.2 Å². The number of halogens is 2. The monoisotopic (exact) mass is 466 g/mol. The Kier molecular flexibility index (Phi) is 7.01. The zero-order valence-electron chi connectivity index (χ0n) is 16.2. The van der Waals surface area contributed by atoms with Crippen LogP contribution in [0.25, 0.3) is 0 Å². The third kappa shape index (κ3) is 4.94. The third-order valence-electron chi connectivity index (χ3n) is 4.97. The number of carbonyl (C=O) groups is 1. The molecule has 0 aliphatic carbocycles. The van der Waals surface area contributed by atoms with Crippen LogP contribution in [0.1, 0.15) is 12.5 Å². The molecule has 7 nitrogen and oxygen atoms in total. The highest BCUT2D eigenvalue weighted by Crippen LogP contribution is 2.28. The van der Waals surface area contributed by atoms with Gasteiger partial charge in [0.25, 0.3) is 0 Å². The van der Waals surface area contributed by atoms with Crippen molar-refractivity contribution >= 4 is 44.8 Å². The van der Waals surface area contributed by atoms with Gasteiger partial charge in [-0.15, -0.1) is 0 Å². The normalized spacial score (nSPS) is 16.6. The van der Waals surface area contributed by atoms with Crippen molar-refractivity contribution in [1.82, 2.24) is 9.21 Å². The number of hydrogen-bond acceptors (Lipinski definition) is 5. The van der Waals surface area contributed by atoms with Crippen molar-refractivity contribution in [2.75, 3.05) is 31.5 Å². The number of anilines is 1. The Morgan fingerprint density at radius 3 is 2.50 bits per heavy atom. The fourth-order valence-corrected chi connectivity index (χ4v) is 5.38. The standard InChI is InChI=1S/C20H20Cl2N4O3S/c1-14(20(27)24-17-4-2-3-15(11-17)13-23)25-7-9-26(10-8-25)30(28,29)19-12-16(21)5-6-18(19)22/h2-6,11-12,14H,7-10H2,1H3,(H,24,27). The first-order chi connectivity index (χ1) is 14.2. The van der Waals surface area contributed by atoms with Crippen molar-refractivity contribution in [3.63, 3.8) is 0 Å². The second-order valence-electron chi connectivity index (χ2n) is 6.87. The molecular weight excluding hydrogens is 447 g/mol. The second-order valence-corrected chi connectivity index (χ2v) is 9.62. The van der Waals surface area contributed by atoms with Gasteiger partial charge in [0.05, 0.1) is 22.7 Å². The van der Waals surface area contributed by atoms with Crippen molar-refractivity contribution < 1.29 is 13.2 Å². The summed E-state index contributed by atoms with van der Waals surface area (Å²) in [6, 6.07) is 12.6. The number of sulfonamides is 1. The van der Waals surface area contributed by atoms with Gasteiger partial charge in [-0.2, -0.15) is 9.57 Å². The Morgan fingerprint density at radius 1 is 1.13 bits per heavy atom. The second kappa shape index (κ2) is 9.33. The van der Waals surface area contributed by atoms with Crippen LogP contribution in [-0.2, 0) is 14.8 Å². The van der Waals surface area contributed by atoms with E-state index in [1.165, 1.54) is 22.5 Å². The Hall–Kier alpha value is -2.15. The van der Waals surface area contributed by atoms with Crippen LogP contribution >= 0.6 is 23.2 Å². The highest BCUT2D eigenvalue weighted by Gasteiger charge is 2.33. The largest absolute Gasteiger partial charge is 0.325 e. The van der Waals surface area contributed by atoms with Gasteiger partial charge in [-0.25, -0.2) is 8.42 Å². The maximum atomic E-state index is 12.9. The van der Waals surface area contributed by atoms with Crippen LogP contribution in [-0.4, -0.2) is 55.8 Å². The van der Waals surface area contributed by atoms with Crippen LogP contribution in [0.2, 0.25) is 10.0 Å². The summed E-state index contributed by atoms with van der Waals surface area (Å²) in [5, 5.41) is 12.2. The topological polar surface area (TPSA) is 93.5 Å². The summed E-state index contributed by atoms with van der Waals surface area (Å²) < 4.78 is 27.2. The van der Waals surface area contributed by atoms with Crippen molar-refractivity contribution in [1.29, 1.82) is 5.26 Å². The van der Waals surface area contributed by atoms with Crippen molar-refractivity contribution in [3.05, 3.63) is 58.1 Å². The first-order valence-corrected chi connectivity index (χ1v) is 11.4. The summed E-state index contributed by atoms with van der Waals surface area (Å²) >= 11 is 12.0. The van der Waals surface area contributed by atoms with E-state index in [4.69, 9.17) is 28.5 Å². The van der Waals surface area contributed by atoms with Gasteiger partial charge < -0.3 is 5.32 Å². The molecule has 3 rings (SSSR count). The smallest absolute Gasteiger partial charge is 0.244 e. The van der Waals surface area contributed by atoms with Crippen LogP contribution in [0.4, 0.5) is 5.69 Å². The quantitative estimate of drug-likeness (QED) is 0.729. The summed E-state index contributed by atoms with van der Waals surface area (Å²) in [4.78, 5) is 14.5. The lowest BCUT2D eigenvalue weighted by Gasteiger charge is -2.36. The molecule has 0 spiro atoms. The number of hydrogen-bond donors (Lipinski definition) is 1.